The fraction of sp³-hybridized carbons (Fsp3) is 0.692. The number of anilines is 2. The Morgan fingerprint density at radius 1 is 1.32 bits per heavy atom. The van der Waals surface area contributed by atoms with Crippen molar-refractivity contribution >= 4 is 11.6 Å². The van der Waals surface area contributed by atoms with Crippen molar-refractivity contribution in [3.05, 3.63) is 11.4 Å². The molecule has 1 atom stereocenters. The van der Waals surface area contributed by atoms with E-state index in [2.05, 4.69) is 22.4 Å². The first-order chi connectivity index (χ1) is 9.20. The van der Waals surface area contributed by atoms with Crippen LogP contribution in [0.25, 0.3) is 0 Å². The molecule has 104 valence electrons. The molecule has 2 aliphatic rings. The number of nitrogens with zero attached hydrogens (tertiary/aromatic N) is 3. The first kappa shape index (κ1) is 12.6. The lowest BCUT2D eigenvalue weighted by atomic mass is 10.2. The molecule has 1 aromatic rings. The number of likely N-dealkylation sites (N-methyl/N-ethyl adjacent to an activating group) is 1. The minimum absolute atomic E-state index is 0.395. The molecular formula is C13H21N5O. The van der Waals surface area contributed by atoms with E-state index in [1.807, 2.05) is 6.92 Å². The summed E-state index contributed by atoms with van der Waals surface area (Å²) in [5.74, 6) is 8.72. The predicted molar refractivity (Wildman–Crippen MR) is 74.2 cm³/mol. The third-order valence-electron chi connectivity index (χ3n) is 4.00. The topological polar surface area (TPSA) is 76.3 Å². The maximum Gasteiger partial charge on any atom is 0.148 e. The molecule has 1 aromatic heterocycles. The van der Waals surface area contributed by atoms with Crippen LogP contribution in [0.4, 0.5) is 11.6 Å². The van der Waals surface area contributed by atoms with E-state index in [4.69, 9.17) is 15.6 Å². The van der Waals surface area contributed by atoms with Gasteiger partial charge in [-0.25, -0.2) is 15.8 Å². The number of nitrogen functional groups attached to an aromatic ring is 1. The highest BCUT2D eigenvalue weighted by atomic mass is 16.5. The van der Waals surface area contributed by atoms with Gasteiger partial charge in [-0.2, -0.15) is 0 Å². The summed E-state index contributed by atoms with van der Waals surface area (Å²) in [4.78, 5) is 11.5. The van der Waals surface area contributed by atoms with Crippen LogP contribution in [0.1, 0.15) is 36.6 Å². The second kappa shape index (κ2) is 4.94. The zero-order valence-corrected chi connectivity index (χ0v) is 11.5. The van der Waals surface area contributed by atoms with E-state index in [0.717, 1.165) is 42.7 Å². The van der Waals surface area contributed by atoms with E-state index in [-0.39, 0.29) is 0 Å². The van der Waals surface area contributed by atoms with E-state index in [0.29, 0.717) is 12.0 Å². The Bertz CT molecular complexity index is 468. The van der Waals surface area contributed by atoms with Crippen molar-refractivity contribution in [2.75, 3.05) is 30.6 Å². The fourth-order valence-electron chi connectivity index (χ4n) is 2.53. The van der Waals surface area contributed by atoms with Gasteiger partial charge in [-0.3, -0.25) is 0 Å². The zero-order chi connectivity index (χ0) is 13.4. The summed E-state index contributed by atoms with van der Waals surface area (Å²) in [6.45, 7) is 3.61. The van der Waals surface area contributed by atoms with Crippen LogP contribution in [0.5, 0.6) is 0 Å². The monoisotopic (exact) mass is 263 g/mol. The highest BCUT2D eigenvalue weighted by Crippen LogP contribution is 2.40. The average Bonchev–Trinajstić information content (AvgIpc) is 3.13. The van der Waals surface area contributed by atoms with Gasteiger partial charge in [-0.1, -0.05) is 0 Å². The highest BCUT2D eigenvalue weighted by Gasteiger charge is 2.30. The highest BCUT2D eigenvalue weighted by molar-refractivity contribution is 5.58. The van der Waals surface area contributed by atoms with Crippen LogP contribution in [-0.2, 0) is 4.74 Å². The van der Waals surface area contributed by atoms with Crippen molar-refractivity contribution in [2.24, 2.45) is 5.84 Å². The van der Waals surface area contributed by atoms with Crippen LogP contribution >= 0.6 is 0 Å². The molecule has 3 N–H and O–H groups in total. The standard InChI is InChI=1S/C13H21N5O/c1-8-11(17-14)15-12(9-3-4-9)16-13(8)18(2)10-5-6-19-7-10/h9-10H,3-7,14H2,1-2H3,(H,15,16,17). The Morgan fingerprint density at radius 2 is 2.11 bits per heavy atom. The number of nitrogens with one attached hydrogen (secondary N) is 1. The van der Waals surface area contributed by atoms with Gasteiger partial charge < -0.3 is 15.1 Å². The fourth-order valence-corrected chi connectivity index (χ4v) is 2.53. The minimum Gasteiger partial charge on any atom is -0.379 e. The normalized spacial score (nSPS) is 22.6. The lowest BCUT2D eigenvalue weighted by molar-refractivity contribution is 0.193. The number of aromatic nitrogens is 2. The summed E-state index contributed by atoms with van der Waals surface area (Å²) >= 11 is 0. The smallest absolute Gasteiger partial charge is 0.148 e. The van der Waals surface area contributed by atoms with Gasteiger partial charge in [0.05, 0.1) is 12.6 Å². The molecule has 19 heavy (non-hydrogen) atoms. The Kier molecular flexibility index (Phi) is 3.28. The number of hydrogen-bond donors (Lipinski definition) is 2. The van der Waals surface area contributed by atoms with Crippen molar-refractivity contribution in [1.82, 2.24) is 9.97 Å². The minimum atomic E-state index is 0.395. The quantitative estimate of drug-likeness (QED) is 0.627. The summed E-state index contributed by atoms with van der Waals surface area (Å²) in [5, 5.41) is 0. The zero-order valence-electron chi connectivity index (χ0n) is 11.5. The molecule has 1 aliphatic carbocycles. The number of hydrazine groups is 1. The van der Waals surface area contributed by atoms with Crippen molar-refractivity contribution in [3.63, 3.8) is 0 Å². The van der Waals surface area contributed by atoms with Crippen molar-refractivity contribution < 1.29 is 4.74 Å². The van der Waals surface area contributed by atoms with Crippen LogP contribution in [0.15, 0.2) is 0 Å². The third kappa shape index (κ3) is 2.37. The average molecular weight is 263 g/mol. The van der Waals surface area contributed by atoms with Crippen LogP contribution in [0, 0.1) is 6.92 Å². The molecular weight excluding hydrogens is 242 g/mol. The van der Waals surface area contributed by atoms with Gasteiger partial charge in [0.2, 0.25) is 0 Å². The summed E-state index contributed by atoms with van der Waals surface area (Å²) in [5.41, 5.74) is 3.70. The maximum atomic E-state index is 5.58. The lowest BCUT2D eigenvalue weighted by Crippen LogP contribution is -2.33. The number of rotatable bonds is 4. The van der Waals surface area contributed by atoms with Gasteiger partial charge in [-0.15, -0.1) is 0 Å². The van der Waals surface area contributed by atoms with Gasteiger partial charge in [0.1, 0.15) is 17.5 Å². The molecule has 2 heterocycles. The molecule has 6 nitrogen and oxygen atoms in total. The largest absolute Gasteiger partial charge is 0.379 e. The van der Waals surface area contributed by atoms with Gasteiger partial charge >= 0.3 is 0 Å². The van der Waals surface area contributed by atoms with Gasteiger partial charge in [0, 0.05) is 25.1 Å². The first-order valence-corrected chi connectivity index (χ1v) is 6.86. The molecule has 1 saturated heterocycles. The van der Waals surface area contributed by atoms with E-state index in [9.17, 15) is 0 Å². The summed E-state index contributed by atoms with van der Waals surface area (Å²) < 4.78 is 5.46. The van der Waals surface area contributed by atoms with Gasteiger partial charge in [0.15, 0.2) is 0 Å². The van der Waals surface area contributed by atoms with Crippen LogP contribution in [-0.4, -0.2) is 36.3 Å². The predicted octanol–water partition coefficient (Wildman–Crippen LogP) is 1.17. The third-order valence-corrected chi connectivity index (χ3v) is 4.00. The molecule has 2 fully saturated rings. The van der Waals surface area contributed by atoms with Crippen molar-refractivity contribution in [3.8, 4) is 0 Å². The second-order valence-electron chi connectivity index (χ2n) is 5.43. The van der Waals surface area contributed by atoms with Crippen LogP contribution in [0.2, 0.25) is 0 Å². The van der Waals surface area contributed by atoms with Crippen LogP contribution < -0.4 is 16.2 Å². The summed E-state index contributed by atoms with van der Waals surface area (Å²) in [6.07, 6.45) is 3.41. The van der Waals surface area contributed by atoms with Crippen molar-refractivity contribution in [1.29, 1.82) is 0 Å². The molecule has 3 rings (SSSR count). The Balaban J connectivity index is 1.95. The number of nitrogens with two attached hydrogens (primary N) is 1. The van der Waals surface area contributed by atoms with Crippen LogP contribution in [0.3, 0.4) is 0 Å². The molecule has 0 aromatic carbocycles. The number of hydrogen-bond acceptors (Lipinski definition) is 6. The summed E-state index contributed by atoms with van der Waals surface area (Å²) in [6, 6.07) is 0.395. The molecule has 0 radical (unpaired) electrons. The molecule has 0 spiro atoms. The van der Waals surface area contributed by atoms with Crippen molar-refractivity contribution in [2.45, 2.75) is 38.1 Å². The Morgan fingerprint density at radius 3 is 2.68 bits per heavy atom. The lowest BCUT2D eigenvalue weighted by Gasteiger charge is -2.27. The molecule has 1 saturated carbocycles. The van der Waals surface area contributed by atoms with Gasteiger partial charge in [0.25, 0.3) is 0 Å². The molecule has 0 bridgehead atoms. The van der Waals surface area contributed by atoms with Gasteiger partial charge in [-0.05, 0) is 26.2 Å². The maximum absolute atomic E-state index is 5.58. The first-order valence-electron chi connectivity index (χ1n) is 6.86. The van der Waals surface area contributed by atoms with E-state index in [1.165, 1.54) is 12.8 Å². The van der Waals surface area contributed by atoms with E-state index >= 15 is 0 Å². The second-order valence-corrected chi connectivity index (χ2v) is 5.43. The Hall–Kier alpha value is -1.40. The molecule has 6 heteroatoms. The Labute approximate surface area is 113 Å². The summed E-state index contributed by atoms with van der Waals surface area (Å²) in [7, 11) is 2.08. The molecule has 1 unspecified atom stereocenters. The van der Waals surface area contributed by atoms with E-state index in [1.54, 1.807) is 0 Å². The SMILES string of the molecule is Cc1c(NN)nc(C2CC2)nc1N(C)C1CCOC1. The number of ether oxygens (including phenoxy) is 1. The molecule has 0 amide bonds. The van der Waals surface area contributed by atoms with E-state index < -0.39 is 0 Å². The molecule has 1 aliphatic heterocycles.